The average Bonchev–Trinajstić information content (AvgIpc) is 3.15. The summed E-state index contributed by atoms with van der Waals surface area (Å²) in [7, 11) is 0. The van der Waals surface area contributed by atoms with Crippen molar-refractivity contribution in [1.82, 2.24) is 21.1 Å². The lowest BCUT2D eigenvalue weighted by molar-refractivity contribution is -0.128. The summed E-state index contributed by atoms with van der Waals surface area (Å²) in [4.78, 5) is 24.8. The summed E-state index contributed by atoms with van der Waals surface area (Å²) in [6.07, 6.45) is 3.62. The maximum absolute atomic E-state index is 14.4. The first-order valence-electron chi connectivity index (χ1n) is 12.4. The topological polar surface area (TPSA) is 119 Å². The summed E-state index contributed by atoms with van der Waals surface area (Å²) in [6, 6.07) is 6.93. The zero-order chi connectivity index (χ0) is 25.2. The Morgan fingerprint density at radius 1 is 1.23 bits per heavy atom. The Morgan fingerprint density at radius 2 is 2.00 bits per heavy atom. The summed E-state index contributed by atoms with van der Waals surface area (Å²) in [5.41, 5.74) is 3.90. The van der Waals surface area contributed by atoms with Crippen molar-refractivity contribution in [3.63, 3.8) is 0 Å². The van der Waals surface area contributed by atoms with E-state index in [1.165, 1.54) is 12.1 Å². The number of halogens is 1. The van der Waals surface area contributed by atoms with Crippen LogP contribution in [0.15, 0.2) is 18.2 Å². The fraction of sp³-hybridized carbons (Fsp3) is 0.640. The number of anilines is 1. The van der Waals surface area contributed by atoms with E-state index in [0.29, 0.717) is 17.8 Å². The fourth-order valence-corrected chi connectivity index (χ4v) is 5.40. The smallest absolute Gasteiger partial charge is 0.407 e. The lowest BCUT2D eigenvalue weighted by Crippen LogP contribution is -2.54. The van der Waals surface area contributed by atoms with Crippen LogP contribution in [0.3, 0.4) is 0 Å². The van der Waals surface area contributed by atoms with Crippen molar-refractivity contribution in [2.45, 2.75) is 83.3 Å². The zero-order valence-corrected chi connectivity index (χ0v) is 20.6. The van der Waals surface area contributed by atoms with E-state index in [1.54, 1.807) is 26.8 Å². The van der Waals surface area contributed by atoms with Crippen LogP contribution in [-0.4, -0.2) is 47.4 Å². The summed E-state index contributed by atoms with van der Waals surface area (Å²) in [5, 5.41) is 20.7. The van der Waals surface area contributed by atoms with Crippen LogP contribution in [0.1, 0.15) is 58.4 Å². The van der Waals surface area contributed by atoms with E-state index in [4.69, 9.17) is 4.74 Å². The Bertz CT molecular complexity index is 990. The van der Waals surface area contributed by atoms with E-state index >= 15 is 0 Å². The first-order valence-corrected chi connectivity index (χ1v) is 12.4. The molecule has 1 saturated carbocycles. The molecule has 35 heavy (non-hydrogen) atoms. The van der Waals surface area contributed by atoms with Gasteiger partial charge in [-0.2, -0.15) is 5.26 Å². The molecule has 3 unspecified atom stereocenters. The average molecular weight is 487 g/mol. The molecule has 2 aliphatic heterocycles. The molecule has 0 bridgehead atoms. The number of amides is 2. The molecule has 2 heterocycles. The molecule has 3 aliphatic rings. The predicted molar refractivity (Wildman–Crippen MR) is 128 cm³/mol. The first kappa shape index (κ1) is 25.2. The van der Waals surface area contributed by atoms with Gasteiger partial charge < -0.3 is 20.7 Å². The van der Waals surface area contributed by atoms with Gasteiger partial charge in [0.1, 0.15) is 17.6 Å². The zero-order valence-electron chi connectivity index (χ0n) is 20.6. The van der Waals surface area contributed by atoms with Gasteiger partial charge in [0.25, 0.3) is 0 Å². The number of hydrogen-bond acceptors (Lipinski definition) is 7. The highest BCUT2D eigenvalue weighted by Gasteiger charge is 2.51. The van der Waals surface area contributed by atoms with E-state index in [0.717, 1.165) is 32.1 Å². The monoisotopic (exact) mass is 486 g/mol. The van der Waals surface area contributed by atoms with Crippen molar-refractivity contribution in [2.75, 3.05) is 11.9 Å². The van der Waals surface area contributed by atoms with E-state index in [2.05, 4.69) is 32.5 Å². The first-order chi connectivity index (χ1) is 16.6. The van der Waals surface area contributed by atoms with Gasteiger partial charge in [0.2, 0.25) is 5.91 Å². The summed E-state index contributed by atoms with van der Waals surface area (Å²) >= 11 is 0. The third kappa shape index (κ3) is 6.03. The highest BCUT2D eigenvalue weighted by atomic mass is 19.1. The van der Waals surface area contributed by atoms with Crippen LogP contribution < -0.4 is 21.4 Å². The standard InChI is InChI=1S/C25H35FN6O3/c1-25(2,3)35-24(34)29-14-15-10-17(26)12-18(11-15)30-22-21-20(8-9-28-23(21)33)32(31-22)19-7-5-4-6-16(19)13-27/h10-12,16,19-22,30-31H,4-9,14H2,1-3H3,(H,28,33)(H,29,34)/t16-,19+,20?,21?,22?/m1/s1. The Balaban J connectivity index is 1.49. The number of nitrogens with one attached hydrogen (secondary N) is 4. The highest BCUT2D eigenvalue weighted by Crippen LogP contribution is 2.36. The van der Waals surface area contributed by atoms with E-state index in [9.17, 15) is 19.2 Å². The van der Waals surface area contributed by atoms with Crippen LogP contribution >= 0.6 is 0 Å². The number of nitriles is 1. The molecule has 4 rings (SSSR count). The number of hydrogen-bond donors (Lipinski definition) is 4. The van der Waals surface area contributed by atoms with Gasteiger partial charge in [-0.15, -0.1) is 0 Å². The molecule has 0 spiro atoms. The second-order valence-electron chi connectivity index (χ2n) is 10.6. The van der Waals surface area contributed by atoms with E-state index in [-0.39, 0.29) is 36.4 Å². The molecule has 0 aromatic heterocycles. The van der Waals surface area contributed by atoms with Crippen LogP contribution in [0.2, 0.25) is 0 Å². The Morgan fingerprint density at radius 3 is 2.74 bits per heavy atom. The Labute approximate surface area is 205 Å². The molecule has 3 fully saturated rings. The normalized spacial score (nSPS) is 29.0. The molecule has 1 aromatic carbocycles. The molecule has 1 aromatic rings. The fourth-order valence-electron chi connectivity index (χ4n) is 5.40. The van der Waals surface area contributed by atoms with Gasteiger partial charge in [-0.05, 0) is 63.8 Å². The van der Waals surface area contributed by atoms with Gasteiger partial charge in [0, 0.05) is 30.9 Å². The Hall–Kier alpha value is -2.90. The highest BCUT2D eigenvalue weighted by molar-refractivity contribution is 5.82. The molecule has 0 radical (unpaired) electrons. The van der Waals surface area contributed by atoms with Gasteiger partial charge >= 0.3 is 6.09 Å². The molecule has 4 N–H and O–H groups in total. The number of fused-ring (bicyclic) bond motifs is 1. The molecule has 10 heteroatoms. The predicted octanol–water partition coefficient (Wildman–Crippen LogP) is 3.00. The van der Waals surface area contributed by atoms with E-state index in [1.807, 2.05) is 0 Å². The number of carbonyl (C=O) groups is 2. The molecule has 190 valence electrons. The molecular weight excluding hydrogens is 451 g/mol. The van der Waals surface area contributed by atoms with Crippen molar-refractivity contribution in [2.24, 2.45) is 11.8 Å². The minimum absolute atomic E-state index is 0.0398. The number of hydrazine groups is 1. The van der Waals surface area contributed by atoms with Gasteiger partial charge in [0.05, 0.1) is 17.9 Å². The van der Waals surface area contributed by atoms with Gasteiger partial charge in [-0.25, -0.2) is 19.6 Å². The molecule has 2 saturated heterocycles. The van der Waals surface area contributed by atoms with E-state index < -0.39 is 23.7 Å². The number of rotatable bonds is 5. The second kappa shape index (κ2) is 10.4. The molecule has 5 atom stereocenters. The lowest BCUT2D eigenvalue weighted by atomic mass is 9.83. The number of carbonyl (C=O) groups excluding carboxylic acids is 2. The number of alkyl carbamates (subject to hydrolysis) is 1. The Kier molecular flexibility index (Phi) is 7.47. The van der Waals surface area contributed by atoms with Crippen molar-refractivity contribution in [1.29, 1.82) is 5.26 Å². The minimum Gasteiger partial charge on any atom is -0.444 e. The molecule has 2 amide bonds. The molecule has 1 aliphatic carbocycles. The molecular formula is C25H35FN6O3. The van der Waals surface area contributed by atoms with Crippen molar-refractivity contribution < 1.29 is 18.7 Å². The van der Waals surface area contributed by atoms with Crippen LogP contribution in [0, 0.1) is 29.0 Å². The van der Waals surface area contributed by atoms with Crippen LogP contribution in [0.25, 0.3) is 0 Å². The lowest BCUT2D eigenvalue weighted by Gasteiger charge is -2.39. The number of piperidine rings is 1. The maximum atomic E-state index is 14.4. The summed E-state index contributed by atoms with van der Waals surface area (Å²) in [5.74, 6) is -0.967. The van der Waals surface area contributed by atoms with Crippen LogP contribution in [0.5, 0.6) is 0 Å². The summed E-state index contributed by atoms with van der Waals surface area (Å²) < 4.78 is 19.7. The third-order valence-electron chi connectivity index (χ3n) is 6.83. The second-order valence-corrected chi connectivity index (χ2v) is 10.6. The SMILES string of the molecule is CC(C)(C)OC(=O)NCc1cc(F)cc(NC2NN([C@H]3CCCC[C@@H]3C#N)C3CCNC(=O)C23)c1. The van der Waals surface area contributed by atoms with Crippen molar-refractivity contribution in [3.05, 3.63) is 29.6 Å². The third-order valence-corrected chi connectivity index (χ3v) is 6.83. The van der Waals surface area contributed by atoms with Crippen molar-refractivity contribution >= 4 is 17.7 Å². The van der Waals surface area contributed by atoms with Gasteiger partial charge in [-0.3, -0.25) is 4.79 Å². The van der Waals surface area contributed by atoms with Crippen molar-refractivity contribution in [3.8, 4) is 6.07 Å². The number of ether oxygens (including phenoxy) is 1. The number of nitrogens with zero attached hydrogens (tertiary/aromatic N) is 2. The van der Waals surface area contributed by atoms with Gasteiger partial charge in [-0.1, -0.05) is 12.8 Å². The minimum atomic E-state index is -0.626. The van der Waals surface area contributed by atoms with Gasteiger partial charge in [0.15, 0.2) is 0 Å². The number of benzene rings is 1. The summed E-state index contributed by atoms with van der Waals surface area (Å²) in [6.45, 7) is 6.01. The maximum Gasteiger partial charge on any atom is 0.407 e. The van der Waals surface area contributed by atoms with Crippen LogP contribution in [0.4, 0.5) is 14.9 Å². The quantitative estimate of drug-likeness (QED) is 0.505. The molecule has 9 nitrogen and oxygen atoms in total. The van der Waals surface area contributed by atoms with Crippen LogP contribution in [-0.2, 0) is 16.1 Å². The largest absolute Gasteiger partial charge is 0.444 e.